The number of benzene rings is 2. The van der Waals surface area contributed by atoms with Gasteiger partial charge in [-0.3, -0.25) is 14.4 Å². The number of aryl methyl sites for hydroxylation is 1. The maximum absolute atomic E-state index is 12.3. The number of ether oxygens (including phenoxy) is 2. The van der Waals surface area contributed by atoms with Crippen LogP contribution in [-0.4, -0.2) is 37.5 Å². The lowest BCUT2D eigenvalue weighted by Crippen LogP contribution is -2.35. The number of anilines is 1. The molecule has 2 aromatic carbocycles. The van der Waals surface area contributed by atoms with Crippen LogP contribution in [0.15, 0.2) is 48.5 Å². The van der Waals surface area contributed by atoms with E-state index in [1.807, 2.05) is 48.5 Å². The average Bonchev–Trinajstić information content (AvgIpc) is 2.80. The summed E-state index contributed by atoms with van der Waals surface area (Å²) in [6, 6.07) is 15.3. The normalized spacial score (nSPS) is 13.5. The van der Waals surface area contributed by atoms with Crippen molar-refractivity contribution in [2.24, 2.45) is 5.92 Å². The molecule has 2 amide bonds. The number of carbonyl (C=O) groups is 3. The van der Waals surface area contributed by atoms with Crippen molar-refractivity contribution >= 4 is 23.5 Å². The van der Waals surface area contributed by atoms with Gasteiger partial charge in [-0.1, -0.05) is 30.3 Å². The molecule has 32 heavy (non-hydrogen) atoms. The summed E-state index contributed by atoms with van der Waals surface area (Å²) in [5, 5.41) is 5.69. The molecule has 0 spiro atoms. The van der Waals surface area contributed by atoms with Gasteiger partial charge in [0.2, 0.25) is 11.8 Å². The molecule has 1 atom stereocenters. The summed E-state index contributed by atoms with van der Waals surface area (Å²) in [6.45, 7) is 2.73. The van der Waals surface area contributed by atoms with Crippen LogP contribution in [0.25, 0.3) is 0 Å². The molecule has 0 saturated heterocycles. The Morgan fingerprint density at radius 2 is 1.94 bits per heavy atom. The van der Waals surface area contributed by atoms with Gasteiger partial charge in [0.05, 0.1) is 19.1 Å². The summed E-state index contributed by atoms with van der Waals surface area (Å²) in [5.74, 6) is -0.0853. The largest absolute Gasteiger partial charge is 0.494 e. The molecule has 1 heterocycles. The van der Waals surface area contributed by atoms with E-state index in [-0.39, 0.29) is 24.3 Å². The highest BCUT2D eigenvalue weighted by molar-refractivity contribution is 5.94. The van der Waals surface area contributed by atoms with Crippen LogP contribution in [0.3, 0.4) is 0 Å². The summed E-state index contributed by atoms with van der Waals surface area (Å²) < 4.78 is 10.9. The maximum atomic E-state index is 12.3. The van der Waals surface area contributed by atoms with Crippen LogP contribution in [0, 0.1) is 5.92 Å². The highest BCUT2D eigenvalue weighted by Gasteiger charge is 2.21. The van der Waals surface area contributed by atoms with Crippen LogP contribution in [0.1, 0.15) is 37.3 Å². The van der Waals surface area contributed by atoms with Gasteiger partial charge >= 0.3 is 5.97 Å². The Balaban J connectivity index is 1.40. The molecular weight excluding hydrogens is 408 g/mol. The molecule has 0 radical (unpaired) electrons. The first kappa shape index (κ1) is 23.3. The number of carbonyl (C=O) groups excluding carboxylic acids is 3. The van der Waals surface area contributed by atoms with Gasteiger partial charge in [0.25, 0.3) is 0 Å². The molecule has 0 aromatic heterocycles. The molecule has 0 fully saturated rings. The van der Waals surface area contributed by atoms with E-state index in [1.165, 1.54) is 0 Å². The fourth-order valence-electron chi connectivity index (χ4n) is 3.60. The summed E-state index contributed by atoms with van der Waals surface area (Å²) in [4.78, 5) is 36.0. The number of hydrogen-bond donors (Lipinski definition) is 2. The predicted octanol–water partition coefficient (Wildman–Crippen LogP) is 3.27. The second-order valence-electron chi connectivity index (χ2n) is 7.76. The Kier molecular flexibility index (Phi) is 8.66. The summed E-state index contributed by atoms with van der Waals surface area (Å²) in [7, 11) is 0. The van der Waals surface area contributed by atoms with Gasteiger partial charge in [0, 0.05) is 25.1 Å². The zero-order chi connectivity index (χ0) is 22.8. The standard InChI is InChI=1S/C25H30N2O5/c1-2-31-25(30)20(15-18-7-4-3-5-8-18)17-26-23(28)9-6-14-32-21-11-12-22-19(16-21)10-13-24(29)27-22/h3-5,7-8,11-12,16,20H,2,6,9-10,13-15,17H2,1H3,(H,26,28)(H,27,29). The Labute approximate surface area is 188 Å². The van der Waals surface area contributed by atoms with Gasteiger partial charge in [-0.2, -0.15) is 0 Å². The highest BCUT2D eigenvalue weighted by Crippen LogP contribution is 2.26. The minimum Gasteiger partial charge on any atom is -0.494 e. The van der Waals surface area contributed by atoms with Crippen molar-refractivity contribution in [3.63, 3.8) is 0 Å². The van der Waals surface area contributed by atoms with E-state index in [4.69, 9.17) is 9.47 Å². The number of hydrogen-bond acceptors (Lipinski definition) is 5. The van der Waals surface area contributed by atoms with Crippen molar-refractivity contribution in [1.29, 1.82) is 0 Å². The van der Waals surface area contributed by atoms with Crippen LogP contribution in [0.5, 0.6) is 5.75 Å². The van der Waals surface area contributed by atoms with Crippen molar-refractivity contribution in [2.75, 3.05) is 25.1 Å². The highest BCUT2D eigenvalue weighted by atomic mass is 16.5. The molecule has 1 unspecified atom stereocenters. The Morgan fingerprint density at radius 3 is 2.72 bits per heavy atom. The maximum Gasteiger partial charge on any atom is 0.311 e. The average molecular weight is 439 g/mol. The third-order valence-electron chi connectivity index (χ3n) is 5.28. The molecule has 0 saturated carbocycles. The molecule has 170 valence electrons. The lowest BCUT2D eigenvalue weighted by atomic mass is 9.99. The number of esters is 1. The van der Waals surface area contributed by atoms with E-state index < -0.39 is 5.92 Å². The van der Waals surface area contributed by atoms with Crippen LogP contribution in [0.2, 0.25) is 0 Å². The Bertz CT molecular complexity index is 929. The molecule has 7 nitrogen and oxygen atoms in total. The quantitative estimate of drug-likeness (QED) is 0.415. The van der Waals surface area contributed by atoms with E-state index in [0.717, 1.165) is 22.6 Å². The van der Waals surface area contributed by atoms with Crippen molar-refractivity contribution < 1.29 is 23.9 Å². The molecule has 1 aliphatic rings. The Hall–Kier alpha value is -3.35. The van der Waals surface area contributed by atoms with Crippen LogP contribution in [-0.2, 0) is 32.0 Å². The third-order valence-corrected chi connectivity index (χ3v) is 5.28. The molecule has 2 aromatic rings. The van der Waals surface area contributed by atoms with Crippen LogP contribution in [0.4, 0.5) is 5.69 Å². The van der Waals surface area contributed by atoms with Gasteiger partial charge in [-0.05, 0) is 55.5 Å². The van der Waals surface area contributed by atoms with Crippen LogP contribution < -0.4 is 15.4 Å². The van der Waals surface area contributed by atoms with Gasteiger partial charge in [-0.25, -0.2) is 0 Å². The molecular formula is C25H30N2O5. The fraction of sp³-hybridized carbons (Fsp3) is 0.400. The number of amides is 2. The first-order valence-electron chi connectivity index (χ1n) is 11.1. The van der Waals surface area contributed by atoms with Crippen molar-refractivity contribution in [1.82, 2.24) is 5.32 Å². The molecule has 0 bridgehead atoms. The molecule has 0 aliphatic carbocycles. The summed E-state index contributed by atoms with van der Waals surface area (Å²) in [6.07, 6.45) is 2.56. The number of fused-ring (bicyclic) bond motifs is 1. The number of nitrogens with one attached hydrogen (secondary N) is 2. The predicted molar refractivity (Wildman–Crippen MR) is 121 cm³/mol. The van der Waals surface area contributed by atoms with Gasteiger partial charge < -0.3 is 20.1 Å². The van der Waals surface area contributed by atoms with E-state index in [2.05, 4.69) is 10.6 Å². The lowest BCUT2D eigenvalue weighted by molar-refractivity contribution is -0.147. The number of rotatable bonds is 11. The lowest BCUT2D eigenvalue weighted by Gasteiger charge is -2.18. The summed E-state index contributed by atoms with van der Waals surface area (Å²) in [5.41, 5.74) is 2.92. The Morgan fingerprint density at radius 1 is 1.12 bits per heavy atom. The molecule has 3 rings (SSSR count). The summed E-state index contributed by atoms with van der Waals surface area (Å²) >= 11 is 0. The molecule has 2 N–H and O–H groups in total. The van der Waals surface area contributed by atoms with E-state index in [0.29, 0.717) is 45.3 Å². The minimum absolute atomic E-state index is 0.0335. The van der Waals surface area contributed by atoms with Crippen molar-refractivity contribution in [2.45, 2.75) is 39.0 Å². The monoisotopic (exact) mass is 438 g/mol. The zero-order valence-corrected chi connectivity index (χ0v) is 18.4. The van der Waals surface area contributed by atoms with Gasteiger partial charge in [0.15, 0.2) is 0 Å². The van der Waals surface area contributed by atoms with E-state index in [1.54, 1.807) is 6.92 Å². The topological polar surface area (TPSA) is 93.7 Å². The first-order chi connectivity index (χ1) is 15.5. The van der Waals surface area contributed by atoms with Crippen molar-refractivity contribution in [3.8, 4) is 5.75 Å². The van der Waals surface area contributed by atoms with E-state index in [9.17, 15) is 14.4 Å². The smallest absolute Gasteiger partial charge is 0.311 e. The first-order valence-corrected chi connectivity index (χ1v) is 11.1. The molecule has 7 heteroatoms. The second kappa shape index (κ2) is 11.9. The fourth-order valence-corrected chi connectivity index (χ4v) is 3.60. The van der Waals surface area contributed by atoms with Crippen LogP contribution >= 0.6 is 0 Å². The van der Waals surface area contributed by atoms with E-state index >= 15 is 0 Å². The second-order valence-corrected chi connectivity index (χ2v) is 7.76. The third kappa shape index (κ3) is 7.11. The minimum atomic E-state index is -0.423. The van der Waals surface area contributed by atoms with Crippen molar-refractivity contribution in [3.05, 3.63) is 59.7 Å². The van der Waals surface area contributed by atoms with Gasteiger partial charge in [-0.15, -0.1) is 0 Å². The molecule has 1 aliphatic heterocycles. The SMILES string of the molecule is CCOC(=O)C(CNC(=O)CCCOc1ccc2c(c1)CCC(=O)N2)Cc1ccccc1. The van der Waals surface area contributed by atoms with Gasteiger partial charge in [0.1, 0.15) is 5.75 Å². The zero-order valence-electron chi connectivity index (χ0n) is 18.4.